The summed E-state index contributed by atoms with van der Waals surface area (Å²) in [4.78, 5) is 31.6. The van der Waals surface area contributed by atoms with E-state index in [1.165, 1.54) is 5.57 Å². The molecule has 7 nitrogen and oxygen atoms in total. The molecule has 2 aliphatic rings. The van der Waals surface area contributed by atoms with Crippen molar-refractivity contribution in [1.29, 1.82) is 0 Å². The molecule has 6 rings (SSSR count). The topological polar surface area (TPSA) is 79.2 Å². The Kier molecular flexibility index (Phi) is 4.64. The van der Waals surface area contributed by atoms with Gasteiger partial charge in [-0.05, 0) is 54.9 Å². The third-order valence-corrected chi connectivity index (χ3v) is 6.58. The van der Waals surface area contributed by atoms with E-state index in [4.69, 9.17) is 0 Å². The summed E-state index contributed by atoms with van der Waals surface area (Å²) in [6.07, 6.45) is 14.3. The molecule has 0 spiro atoms. The molecule has 4 aromatic rings. The summed E-state index contributed by atoms with van der Waals surface area (Å²) >= 11 is 0. The van der Waals surface area contributed by atoms with Gasteiger partial charge in [0.2, 0.25) is 0 Å². The average molecular weight is 427 g/mol. The first kappa shape index (κ1) is 19.4. The largest absolute Gasteiger partial charge is 0.320 e. The van der Waals surface area contributed by atoms with E-state index in [0.717, 1.165) is 84.5 Å². The quantitative estimate of drug-likeness (QED) is 0.526. The minimum Gasteiger partial charge on any atom is -0.320 e. The van der Waals surface area contributed by atoms with Gasteiger partial charge in [-0.1, -0.05) is 13.0 Å². The SMILES string of the molecule is CCc1cn2cc(C3=CCN(Cc4cnc5cc(C6CC6)c(=O)[nH]c5c4)CC3)ncc2n1. The normalized spacial score (nSPS) is 17.2. The first-order valence-corrected chi connectivity index (χ1v) is 11.4. The van der Waals surface area contributed by atoms with E-state index in [1.54, 1.807) is 0 Å². The van der Waals surface area contributed by atoms with Gasteiger partial charge in [-0.15, -0.1) is 0 Å². The number of rotatable bonds is 5. The van der Waals surface area contributed by atoms with Crippen LogP contribution in [0.15, 0.2) is 47.8 Å². The standard InChI is InChI=1S/C25H26N6O/c1-2-19-14-31-15-23(27-12-24(31)28-19)18-5-7-30(8-6-18)13-16-9-22-21(26-11-16)10-20(17-3-4-17)25(32)29-22/h5,9-12,14-15,17H,2-4,6-8,13H2,1H3,(H,29,32). The van der Waals surface area contributed by atoms with Crippen LogP contribution in [0.3, 0.4) is 0 Å². The van der Waals surface area contributed by atoms with Crippen molar-refractivity contribution in [3.8, 4) is 0 Å². The van der Waals surface area contributed by atoms with Gasteiger partial charge in [-0.2, -0.15) is 0 Å². The van der Waals surface area contributed by atoms with Gasteiger partial charge >= 0.3 is 0 Å². The first-order chi connectivity index (χ1) is 15.7. The molecule has 1 fully saturated rings. The lowest BCUT2D eigenvalue weighted by molar-refractivity contribution is 0.293. The van der Waals surface area contributed by atoms with Crippen LogP contribution in [0, 0.1) is 0 Å². The van der Waals surface area contributed by atoms with Crippen LogP contribution >= 0.6 is 0 Å². The Morgan fingerprint density at radius 3 is 2.84 bits per heavy atom. The van der Waals surface area contributed by atoms with Gasteiger partial charge in [0.15, 0.2) is 5.65 Å². The van der Waals surface area contributed by atoms with Crippen LogP contribution in [-0.2, 0) is 13.0 Å². The van der Waals surface area contributed by atoms with Crippen LogP contribution in [0.5, 0.6) is 0 Å². The Hall–Kier alpha value is -3.32. The Morgan fingerprint density at radius 1 is 1.16 bits per heavy atom. The smallest absolute Gasteiger partial charge is 0.252 e. The summed E-state index contributed by atoms with van der Waals surface area (Å²) in [6.45, 7) is 4.76. The molecule has 0 aromatic carbocycles. The number of fused-ring (bicyclic) bond motifs is 2. The van der Waals surface area contributed by atoms with Gasteiger partial charge in [0.05, 0.1) is 28.6 Å². The summed E-state index contributed by atoms with van der Waals surface area (Å²) in [6, 6.07) is 4.04. The number of aromatic amines is 1. The van der Waals surface area contributed by atoms with E-state index in [-0.39, 0.29) is 5.56 Å². The van der Waals surface area contributed by atoms with Crippen molar-refractivity contribution in [2.45, 2.75) is 45.1 Å². The van der Waals surface area contributed by atoms with Crippen LogP contribution in [0.2, 0.25) is 0 Å². The molecule has 1 aliphatic heterocycles. The van der Waals surface area contributed by atoms with Gasteiger partial charge in [-0.25, -0.2) is 4.98 Å². The van der Waals surface area contributed by atoms with Crippen molar-refractivity contribution in [2.75, 3.05) is 13.1 Å². The molecule has 0 bridgehead atoms. The highest BCUT2D eigenvalue weighted by Crippen LogP contribution is 2.38. The zero-order chi connectivity index (χ0) is 21.7. The maximum atomic E-state index is 12.4. The summed E-state index contributed by atoms with van der Waals surface area (Å²) in [5.41, 5.74) is 8.04. The fourth-order valence-corrected chi connectivity index (χ4v) is 4.56. The van der Waals surface area contributed by atoms with E-state index in [1.807, 2.05) is 18.5 Å². The van der Waals surface area contributed by atoms with Crippen molar-refractivity contribution in [1.82, 2.24) is 29.2 Å². The van der Waals surface area contributed by atoms with Gasteiger partial charge in [0, 0.05) is 43.8 Å². The highest BCUT2D eigenvalue weighted by atomic mass is 16.1. The molecule has 32 heavy (non-hydrogen) atoms. The number of H-pyrrole nitrogens is 1. The Labute approximate surface area is 185 Å². The predicted molar refractivity (Wildman–Crippen MR) is 125 cm³/mol. The Bertz CT molecular complexity index is 1410. The molecule has 0 saturated heterocycles. The monoisotopic (exact) mass is 426 g/mol. The maximum absolute atomic E-state index is 12.4. The predicted octanol–water partition coefficient (Wildman–Crippen LogP) is 3.69. The van der Waals surface area contributed by atoms with Crippen molar-refractivity contribution in [2.24, 2.45) is 0 Å². The van der Waals surface area contributed by atoms with Crippen molar-refractivity contribution in [3.05, 3.63) is 75.9 Å². The number of aryl methyl sites for hydroxylation is 1. The minimum absolute atomic E-state index is 0.0397. The van der Waals surface area contributed by atoms with E-state index < -0.39 is 0 Å². The van der Waals surface area contributed by atoms with Gasteiger partial charge in [0.1, 0.15) is 0 Å². The summed E-state index contributed by atoms with van der Waals surface area (Å²) in [5, 5.41) is 0. The third-order valence-electron chi connectivity index (χ3n) is 6.58. The zero-order valence-electron chi connectivity index (χ0n) is 18.2. The number of aromatic nitrogens is 5. The first-order valence-electron chi connectivity index (χ1n) is 11.4. The summed E-state index contributed by atoms with van der Waals surface area (Å²) in [5.74, 6) is 0.427. The number of imidazole rings is 1. The van der Waals surface area contributed by atoms with E-state index in [2.05, 4.69) is 60.7 Å². The molecule has 1 saturated carbocycles. The lowest BCUT2D eigenvalue weighted by atomic mass is 10.0. The molecule has 0 unspecified atom stereocenters. The Morgan fingerprint density at radius 2 is 2.06 bits per heavy atom. The highest BCUT2D eigenvalue weighted by Gasteiger charge is 2.26. The molecular formula is C25H26N6O. The zero-order valence-corrected chi connectivity index (χ0v) is 18.2. The van der Waals surface area contributed by atoms with Crippen molar-refractivity contribution < 1.29 is 0 Å². The van der Waals surface area contributed by atoms with E-state index >= 15 is 0 Å². The molecule has 162 valence electrons. The lowest BCUT2D eigenvalue weighted by Gasteiger charge is -2.26. The van der Waals surface area contributed by atoms with Crippen molar-refractivity contribution in [3.63, 3.8) is 0 Å². The molecule has 7 heteroatoms. The molecular weight excluding hydrogens is 400 g/mol. The van der Waals surface area contributed by atoms with E-state index in [9.17, 15) is 4.79 Å². The van der Waals surface area contributed by atoms with Gasteiger partial charge in [0.25, 0.3) is 5.56 Å². The van der Waals surface area contributed by atoms with Gasteiger partial charge < -0.3 is 9.38 Å². The molecule has 4 aromatic heterocycles. The molecule has 0 amide bonds. The maximum Gasteiger partial charge on any atom is 0.252 e. The molecule has 1 aliphatic carbocycles. The molecule has 0 radical (unpaired) electrons. The molecule has 0 atom stereocenters. The second-order valence-corrected chi connectivity index (χ2v) is 8.94. The number of nitrogens with zero attached hydrogens (tertiary/aromatic N) is 5. The van der Waals surface area contributed by atoms with Crippen molar-refractivity contribution >= 4 is 22.3 Å². The molecule has 5 heterocycles. The number of pyridine rings is 2. The highest BCUT2D eigenvalue weighted by molar-refractivity contribution is 5.75. The minimum atomic E-state index is 0.0397. The van der Waals surface area contributed by atoms with Crippen LogP contribution in [0.25, 0.3) is 22.3 Å². The third kappa shape index (κ3) is 3.62. The number of hydrogen-bond donors (Lipinski definition) is 1. The average Bonchev–Trinajstić information content (AvgIpc) is 3.57. The molecule has 1 N–H and O–H groups in total. The second kappa shape index (κ2) is 7.67. The van der Waals surface area contributed by atoms with Crippen LogP contribution in [-0.4, -0.2) is 42.3 Å². The van der Waals surface area contributed by atoms with Crippen LogP contribution in [0.4, 0.5) is 0 Å². The summed E-state index contributed by atoms with van der Waals surface area (Å²) in [7, 11) is 0. The lowest BCUT2D eigenvalue weighted by Crippen LogP contribution is -2.28. The van der Waals surface area contributed by atoms with E-state index in [0.29, 0.717) is 5.92 Å². The number of hydrogen-bond acceptors (Lipinski definition) is 5. The second-order valence-electron chi connectivity index (χ2n) is 8.94. The number of nitrogens with one attached hydrogen (secondary N) is 1. The van der Waals surface area contributed by atoms with Crippen LogP contribution < -0.4 is 5.56 Å². The fraction of sp³-hybridized carbons (Fsp3) is 0.360. The van der Waals surface area contributed by atoms with Gasteiger partial charge in [-0.3, -0.25) is 19.7 Å². The van der Waals surface area contributed by atoms with Crippen LogP contribution in [0.1, 0.15) is 54.6 Å². The fourth-order valence-electron chi connectivity index (χ4n) is 4.56. The Balaban J connectivity index is 1.18. The summed E-state index contributed by atoms with van der Waals surface area (Å²) < 4.78 is 2.07.